The third-order valence-corrected chi connectivity index (χ3v) is 4.62. The minimum atomic E-state index is -0.495. The fourth-order valence-electron chi connectivity index (χ4n) is 3.80. The molecule has 0 N–H and O–H groups in total. The summed E-state index contributed by atoms with van der Waals surface area (Å²) in [5.41, 5.74) is -0.495. The molecule has 6 nitrogen and oxygen atoms in total. The number of hydrogen-bond acceptors (Lipinski definition) is 4. The highest BCUT2D eigenvalue weighted by Crippen LogP contribution is 2.38. The summed E-state index contributed by atoms with van der Waals surface area (Å²) >= 11 is 0. The van der Waals surface area contributed by atoms with E-state index >= 15 is 0 Å². The topological polar surface area (TPSA) is 59.1 Å². The third kappa shape index (κ3) is 2.56. The molecule has 0 saturated carbocycles. The van der Waals surface area contributed by atoms with Gasteiger partial charge in [0.15, 0.2) is 0 Å². The number of nitrogens with zero attached hydrogens (tertiary/aromatic N) is 2. The van der Waals surface area contributed by atoms with Crippen LogP contribution in [0.25, 0.3) is 0 Å². The van der Waals surface area contributed by atoms with E-state index in [1.807, 2.05) is 37.5 Å². The quantitative estimate of drug-likeness (QED) is 0.688. The fourth-order valence-corrected chi connectivity index (χ4v) is 3.80. The minimum absolute atomic E-state index is 0.0407. The number of hydrogen-bond donors (Lipinski definition) is 0. The van der Waals surface area contributed by atoms with Gasteiger partial charge in [0.1, 0.15) is 11.7 Å². The molecule has 0 unspecified atom stereocenters. The number of cyclic esters (lactones) is 1. The summed E-state index contributed by atoms with van der Waals surface area (Å²) in [5, 5.41) is 0. The van der Waals surface area contributed by atoms with Gasteiger partial charge in [-0.05, 0) is 40.5 Å². The zero-order valence-corrected chi connectivity index (χ0v) is 13.2. The normalized spacial score (nSPS) is 35.3. The zero-order valence-electron chi connectivity index (χ0n) is 13.2. The summed E-state index contributed by atoms with van der Waals surface area (Å²) in [6.45, 7) is 8.78. The van der Waals surface area contributed by atoms with Crippen LogP contribution < -0.4 is 0 Å². The Labute approximate surface area is 125 Å². The highest BCUT2D eigenvalue weighted by Gasteiger charge is 2.51. The molecule has 0 aromatic heterocycles. The van der Waals surface area contributed by atoms with Gasteiger partial charge in [-0.2, -0.15) is 0 Å². The molecule has 0 aromatic rings. The van der Waals surface area contributed by atoms with Crippen LogP contribution in [0.2, 0.25) is 0 Å². The van der Waals surface area contributed by atoms with Gasteiger partial charge < -0.3 is 14.4 Å². The van der Waals surface area contributed by atoms with Gasteiger partial charge in [0.2, 0.25) is 0 Å². The molecule has 6 heteroatoms. The Balaban J connectivity index is 1.80. The lowest BCUT2D eigenvalue weighted by atomic mass is 9.88. The van der Waals surface area contributed by atoms with E-state index in [9.17, 15) is 9.59 Å². The molecular weight excluding hydrogens is 272 g/mol. The van der Waals surface area contributed by atoms with Crippen LogP contribution in [0.3, 0.4) is 0 Å². The molecule has 0 aliphatic carbocycles. The van der Waals surface area contributed by atoms with E-state index in [-0.39, 0.29) is 36.3 Å². The Hall–Kier alpha value is -1.46. The van der Waals surface area contributed by atoms with Crippen molar-refractivity contribution in [2.75, 3.05) is 13.1 Å². The lowest BCUT2D eigenvalue weighted by Gasteiger charge is -2.38. The summed E-state index contributed by atoms with van der Waals surface area (Å²) in [7, 11) is 0. The standard InChI is InChI=1S/C15H24N2O4/c1-9-12-10-5-6-11(8-17(12)13(18)20-9)16(7-10)14(19)21-15(2,3)4/h9-12H,5-8H2,1-4H3/t9-,10+,11+,12+/m0/s1. The highest BCUT2D eigenvalue weighted by atomic mass is 16.6. The Morgan fingerprint density at radius 3 is 2.67 bits per heavy atom. The molecule has 118 valence electrons. The van der Waals surface area contributed by atoms with E-state index < -0.39 is 5.60 Å². The van der Waals surface area contributed by atoms with Crippen LogP contribution in [0.5, 0.6) is 0 Å². The summed E-state index contributed by atoms with van der Waals surface area (Å²) in [4.78, 5) is 28.0. The molecule has 4 aliphatic heterocycles. The molecule has 2 bridgehead atoms. The average Bonchev–Trinajstić information content (AvgIpc) is 2.55. The van der Waals surface area contributed by atoms with Gasteiger partial charge in [-0.3, -0.25) is 4.90 Å². The van der Waals surface area contributed by atoms with E-state index in [1.165, 1.54) is 0 Å². The van der Waals surface area contributed by atoms with Crippen molar-refractivity contribution in [3.05, 3.63) is 0 Å². The summed E-state index contributed by atoms with van der Waals surface area (Å²) in [6, 6.07) is 0.133. The van der Waals surface area contributed by atoms with Crippen molar-refractivity contribution in [3.63, 3.8) is 0 Å². The number of carbonyl (C=O) groups excluding carboxylic acids is 2. The van der Waals surface area contributed by atoms with E-state index in [0.29, 0.717) is 13.1 Å². The van der Waals surface area contributed by atoms with Crippen molar-refractivity contribution in [1.29, 1.82) is 0 Å². The molecule has 4 atom stereocenters. The van der Waals surface area contributed by atoms with Gasteiger partial charge in [-0.15, -0.1) is 0 Å². The third-order valence-electron chi connectivity index (χ3n) is 4.62. The van der Waals surface area contributed by atoms with Crippen LogP contribution in [0.1, 0.15) is 40.5 Å². The van der Waals surface area contributed by atoms with Crippen molar-refractivity contribution < 1.29 is 19.1 Å². The lowest BCUT2D eigenvalue weighted by Crippen LogP contribution is -2.49. The summed E-state index contributed by atoms with van der Waals surface area (Å²) in [5.74, 6) is 0.276. The van der Waals surface area contributed by atoms with Crippen LogP contribution in [0, 0.1) is 5.92 Å². The Bertz CT molecular complexity index is 459. The Kier molecular flexibility index (Phi) is 3.30. The first-order valence-electron chi connectivity index (χ1n) is 7.73. The van der Waals surface area contributed by atoms with E-state index in [1.54, 1.807) is 0 Å². The molecule has 4 saturated heterocycles. The van der Waals surface area contributed by atoms with Crippen molar-refractivity contribution >= 4 is 12.2 Å². The predicted octanol–water partition coefficient (Wildman–Crippen LogP) is 2.23. The van der Waals surface area contributed by atoms with Crippen LogP contribution in [0.4, 0.5) is 9.59 Å². The maximum absolute atomic E-state index is 12.4. The maximum Gasteiger partial charge on any atom is 0.410 e. The number of amides is 2. The van der Waals surface area contributed by atoms with Gasteiger partial charge in [0.05, 0.1) is 12.1 Å². The number of rotatable bonds is 0. The van der Waals surface area contributed by atoms with Crippen LogP contribution >= 0.6 is 0 Å². The van der Waals surface area contributed by atoms with Gasteiger partial charge >= 0.3 is 12.2 Å². The molecule has 4 fully saturated rings. The summed E-state index contributed by atoms with van der Waals surface area (Å²) in [6.07, 6.45) is 1.36. The van der Waals surface area contributed by atoms with Gasteiger partial charge in [-0.1, -0.05) is 0 Å². The molecule has 4 aliphatic rings. The second-order valence-corrected chi connectivity index (χ2v) is 7.36. The molecule has 0 spiro atoms. The first-order chi connectivity index (χ1) is 9.76. The van der Waals surface area contributed by atoms with E-state index in [4.69, 9.17) is 9.47 Å². The second kappa shape index (κ2) is 4.78. The molecule has 21 heavy (non-hydrogen) atoms. The zero-order chi connectivity index (χ0) is 15.4. The molecule has 2 amide bonds. The van der Waals surface area contributed by atoms with Gasteiger partial charge in [0.25, 0.3) is 0 Å². The number of piperidine rings is 1. The van der Waals surface area contributed by atoms with Crippen LogP contribution in [-0.4, -0.2) is 58.9 Å². The Morgan fingerprint density at radius 1 is 1.29 bits per heavy atom. The van der Waals surface area contributed by atoms with Crippen molar-refractivity contribution in [3.8, 4) is 0 Å². The van der Waals surface area contributed by atoms with Gasteiger partial charge in [-0.25, -0.2) is 9.59 Å². The molecule has 0 aromatic carbocycles. The van der Waals surface area contributed by atoms with Crippen LogP contribution in [-0.2, 0) is 9.47 Å². The van der Waals surface area contributed by atoms with Crippen LogP contribution in [0.15, 0.2) is 0 Å². The first-order valence-corrected chi connectivity index (χ1v) is 7.73. The van der Waals surface area contributed by atoms with E-state index in [2.05, 4.69) is 0 Å². The molecular formula is C15H24N2O4. The fraction of sp³-hybridized carbons (Fsp3) is 0.867. The van der Waals surface area contributed by atoms with Gasteiger partial charge in [0, 0.05) is 19.0 Å². The van der Waals surface area contributed by atoms with Crippen molar-refractivity contribution in [2.45, 2.75) is 64.3 Å². The monoisotopic (exact) mass is 296 g/mol. The van der Waals surface area contributed by atoms with E-state index in [0.717, 1.165) is 12.8 Å². The number of fused-ring (bicyclic) bond motifs is 2. The average molecular weight is 296 g/mol. The Morgan fingerprint density at radius 2 is 2.00 bits per heavy atom. The lowest BCUT2D eigenvalue weighted by molar-refractivity contribution is 0.00445. The van der Waals surface area contributed by atoms with Crippen molar-refractivity contribution in [1.82, 2.24) is 9.80 Å². The maximum atomic E-state index is 12.4. The van der Waals surface area contributed by atoms with Crippen molar-refractivity contribution in [2.24, 2.45) is 5.92 Å². The summed E-state index contributed by atoms with van der Waals surface area (Å²) < 4.78 is 10.9. The second-order valence-electron chi connectivity index (χ2n) is 7.36. The number of ether oxygens (including phenoxy) is 2. The number of carbonyl (C=O) groups is 2. The smallest absolute Gasteiger partial charge is 0.410 e. The first kappa shape index (κ1) is 14.5. The highest BCUT2D eigenvalue weighted by molar-refractivity contribution is 5.72. The molecule has 0 radical (unpaired) electrons. The SMILES string of the molecule is C[C@@H]1OC(=O)N2C[C@H]3CC[C@H](CN3C(=O)OC(C)(C)C)[C@@H]12. The molecule has 4 rings (SSSR count). The predicted molar refractivity (Wildman–Crippen MR) is 75.9 cm³/mol. The molecule has 4 heterocycles. The minimum Gasteiger partial charge on any atom is -0.444 e. The largest absolute Gasteiger partial charge is 0.444 e.